The van der Waals surface area contributed by atoms with E-state index in [-0.39, 0.29) is 6.61 Å². The van der Waals surface area contributed by atoms with Crippen LogP contribution in [0.5, 0.6) is 0 Å². The summed E-state index contributed by atoms with van der Waals surface area (Å²) in [7, 11) is 0. The SMILES string of the molecule is CCCCCCCCCCCCCCCC[C@H](O)CO. The van der Waals surface area contributed by atoms with Gasteiger partial charge in [-0.1, -0.05) is 96.8 Å². The molecule has 122 valence electrons. The molecule has 20 heavy (non-hydrogen) atoms. The summed E-state index contributed by atoms with van der Waals surface area (Å²) in [6, 6.07) is 0. The van der Waals surface area contributed by atoms with E-state index in [0.29, 0.717) is 0 Å². The quantitative estimate of drug-likeness (QED) is 0.382. The molecule has 0 heterocycles. The van der Waals surface area contributed by atoms with Crippen LogP contribution in [-0.4, -0.2) is 22.9 Å². The average molecular weight is 286 g/mol. The first-order valence-electron chi connectivity index (χ1n) is 9.10. The van der Waals surface area contributed by atoms with Crippen molar-refractivity contribution in [1.82, 2.24) is 0 Å². The highest BCUT2D eigenvalue weighted by atomic mass is 16.3. The van der Waals surface area contributed by atoms with Gasteiger partial charge in [-0.3, -0.25) is 0 Å². The molecule has 1 atom stereocenters. The molecular formula is C18H38O2. The van der Waals surface area contributed by atoms with Crippen LogP contribution >= 0.6 is 0 Å². The van der Waals surface area contributed by atoms with E-state index in [4.69, 9.17) is 5.11 Å². The van der Waals surface area contributed by atoms with E-state index in [9.17, 15) is 5.11 Å². The van der Waals surface area contributed by atoms with Crippen LogP contribution in [0.2, 0.25) is 0 Å². The van der Waals surface area contributed by atoms with E-state index in [1.54, 1.807) is 0 Å². The van der Waals surface area contributed by atoms with E-state index in [2.05, 4.69) is 6.92 Å². The smallest absolute Gasteiger partial charge is 0.0770 e. The highest BCUT2D eigenvalue weighted by molar-refractivity contribution is 4.54. The first-order chi connectivity index (χ1) is 9.81. The molecule has 0 unspecified atom stereocenters. The Labute approximate surface area is 127 Å². The molecule has 0 fully saturated rings. The molecule has 0 rings (SSSR count). The van der Waals surface area contributed by atoms with Crippen LogP contribution in [0.25, 0.3) is 0 Å². The van der Waals surface area contributed by atoms with Gasteiger partial charge in [-0.15, -0.1) is 0 Å². The molecule has 0 aromatic rings. The normalized spacial score (nSPS) is 12.8. The maximum Gasteiger partial charge on any atom is 0.0770 e. The zero-order valence-electron chi connectivity index (χ0n) is 13.8. The predicted octanol–water partition coefficient (Wildman–Crippen LogP) is 5.21. The van der Waals surface area contributed by atoms with E-state index in [1.807, 2.05) is 0 Å². The summed E-state index contributed by atoms with van der Waals surface area (Å²) in [5.41, 5.74) is 0. The van der Waals surface area contributed by atoms with Crippen LogP contribution in [-0.2, 0) is 0 Å². The highest BCUT2D eigenvalue weighted by Gasteiger charge is 2.00. The minimum absolute atomic E-state index is 0.0849. The number of rotatable bonds is 16. The van der Waals surface area contributed by atoms with Gasteiger partial charge in [0.2, 0.25) is 0 Å². The fraction of sp³-hybridized carbons (Fsp3) is 1.00. The van der Waals surface area contributed by atoms with Gasteiger partial charge in [0.05, 0.1) is 12.7 Å². The first kappa shape index (κ1) is 19.9. The van der Waals surface area contributed by atoms with Crippen molar-refractivity contribution in [3.63, 3.8) is 0 Å². The second kappa shape index (κ2) is 17.0. The fourth-order valence-corrected chi connectivity index (χ4v) is 2.67. The molecule has 2 N–H and O–H groups in total. The van der Waals surface area contributed by atoms with Crippen LogP contribution in [0.3, 0.4) is 0 Å². The summed E-state index contributed by atoms with van der Waals surface area (Å²) in [4.78, 5) is 0. The lowest BCUT2D eigenvalue weighted by Crippen LogP contribution is -2.10. The summed E-state index contributed by atoms with van der Waals surface area (Å²) < 4.78 is 0. The van der Waals surface area contributed by atoms with Crippen LogP contribution in [0.1, 0.15) is 103 Å². The Bertz CT molecular complexity index is 171. The minimum atomic E-state index is -0.493. The average Bonchev–Trinajstić information content (AvgIpc) is 2.47. The molecule has 0 aliphatic heterocycles. The van der Waals surface area contributed by atoms with Gasteiger partial charge in [-0.05, 0) is 6.42 Å². The Balaban J connectivity index is 2.96. The number of unbranched alkanes of at least 4 members (excludes halogenated alkanes) is 13. The summed E-state index contributed by atoms with van der Waals surface area (Å²) in [6.07, 6.45) is 19.3. The van der Waals surface area contributed by atoms with Crippen molar-refractivity contribution >= 4 is 0 Å². The third-order valence-corrected chi connectivity index (χ3v) is 4.10. The van der Waals surface area contributed by atoms with E-state index in [1.165, 1.54) is 83.5 Å². The van der Waals surface area contributed by atoms with Gasteiger partial charge in [0.1, 0.15) is 0 Å². The van der Waals surface area contributed by atoms with Crippen LogP contribution in [0.4, 0.5) is 0 Å². The van der Waals surface area contributed by atoms with Gasteiger partial charge in [0, 0.05) is 0 Å². The Hall–Kier alpha value is -0.0800. The van der Waals surface area contributed by atoms with Gasteiger partial charge in [0.25, 0.3) is 0 Å². The second-order valence-corrected chi connectivity index (χ2v) is 6.22. The molecule has 0 aromatic heterocycles. The van der Waals surface area contributed by atoms with Crippen molar-refractivity contribution in [3.8, 4) is 0 Å². The zero-order chi connectivity index (χ0) is 14.9. The Morgan fingerprint density at radius 1 is 0.600 bits per heavy atom. The van der Waals surface area contributed by atoms with Gasteiger partial charge in [-0.2, -0.15) is 0 Å². The zero-order valence-corrected chi connectivity index (χ0v) is 13.8. The van der Waals surface area contributed by atoms with E-state index >= 15 is 0 Å². The lowest BCUT2D eigenvalue weighted by Gasteiger charge is -2.06. The molecule has 2 nitrogen and oxygen atoms in total. The summed E-state index contributed by atoms with van der Waals surface area (Å²) in [6.45, 7) is 2.19. The maximum atomic E-state index is 9.20. The van der Waals surface area contributed by atoms with Crippen molar-refractivity contribution < 1.29 is 10.2 Å². The highest BCUT2D eigenvalue weighted by Crippen LogP contribution is 2.13. The van der Waals surface area contributed by atoms with Crippen LogP contribution in [0.15, 0.2) is 0 Å². The number of hydrogen-bond donors (Lipinski definition) is 2. The largest absolute Gasteiger partial charge is 0.394 e. The lowest BCUT2D eigenvalue weighted by molar-refractivity contribution is 0.0860. The predicted molar refractivity (Wildman–Crippen MR) is 88.0 cm³/mol. The van der Waals surface area contributed by atoms with Gasteiger partial charge in [-0.25, -0.2) is 0 Å². The van der Waals surface area contributed by atoms with Gasteiger partial charge >= 0.3 is 0 Å². The minimum Gasteiger partial charge on any atom is -0.394 e. The van der Waals surface area contributed by atoms with E-state index in [0.717, 1.165) is 12.8 Å². The summed E-state index contributed by atoms with van der Waals surface area (Å²) in [5, 5.41) is 17.9. The van der Waals surface area contributed by atoms with Crippen molar-refractivity contribution in [1.29, 1.82) is 0 Å². The molecule has 0 spiro atoms. The first-order valence-corrected chi connectivity index (χ1v) is 9.10. The van der Waals surface area contributed by atoms with Crippen molar-refractivity contribution in [3.05, 3.63) is 0 Å². The Morgan fingerprint density at radius 3 is 1.30 bits per heavy atom. The van der Waals surface area contributed by atoms with Gasteiger partial charge in [0.15, 0.2) is 0 Å². The molecule has 2 heteroatoms. The molecular weight excluding hydrogens is 248 g/mol. The number of aliphatic hydroxyl groups is 2. The lowest BCUT2D eigenvalue weighted by atomic mass is 10.0. The van der Waals surface area contributed by atoms with Crippen molar-refractivity contribution in [2.24, 2.45) is 0 Å². The maximum absolute atomic E-state index is 9.20. The number of aliphatic hydroxyl groups excluding tert-OH is 2. The molecule has 0 aliphatic carbocycles. The molecule has 0 saturated carbocycles. The third-order valence-electron chi connectivity index (χ3n) is 4.10. The van der Waals surface area contributed by atoms with Crippen LogP contribution in [0, 0.1) is 0 Å². The standard InChI is InChI=1S/C18H38O2/c1-2-3-4-5-6-7-8-9-10-11-12-13-14-15-16-18(20)17-19/h18-20H,2-17H2,1H3/t18-/m0/s1. The second-order valence-electron chi connectivity index (χ2n) is 6.22. The van der Waals surface area contributed by atoms with Crippen molar-refractivity contribution in [2.45, 2.75) is 109 Å². The fourth-order valence-electron chi connectivity index (χ4n) is 2.67. The molecule has 0 saturated heterocycles. The topological polar surface area (TPSA) is 40.5 Å². The monoisotopic (exact) mass is 286 g/mol. The summed E-state index contributed by atoms with van der Waals surface area (Å²) in [5.74, 6) is 0. The molecule has 0 aliphatic rings. The third kappa shape index (κ3) is 16.0. The molecule has 0 bridgehead atoms. The van der Waals surface area contributed by atoms with Gasteiger partial charge < -0.3 is 10.2 Å². The summed E-state index contributed by atoms with van der Waals surface area (Å²) >= 11 is 0. The Kier molecular flexibility index (Phi) is 16.9. The van der Waals surface area contributed by atoms with E-state index < -0.39 is 6.10 Å². The van der Waals surface area contributed by atoms with Crippen LogP contribution < -0.4 is 0 Å². The molecule has 0 aromatic carbocycles. The molecule has 0 radical (unpaired) electrons. The Morgan fingerprint density at radius 2 is 0.950 bits per heavy atom. The van der Waals surface area contributed by atoms with Crippen molar-refractivity contribution in [2.75, 3.05) is 6.61 Å². The number of hydrogen-bond acceptors (Lipinski definition) is 2. The molecule has 0 amide bonds.